The first-order valence-corrected chi connectivity index (χ1v) is 6.57. The summed E-state index contributed by atoms with van der Waals surface area (Å²) in [4.78, 5) is 14.3. The van der Waals surface area contributed by atoms with Crippen LogP contribution in [0.5, 0.6) is 0 Å². The zero-order valence-electron chi connectivity index (χ0n) is 11.4. The van der Waals surface area contributed by atoms with E-state index < -0.39 is 0 Å². The standard InChI is InChI=1S/C13H22N4O/c1-10(2)17-5-4-11(8-17)6-14-13(18)12-7-15-16(3)9-12/h7,9-11H,4-6,8H2,1-3H3,(H,14,18)/t11-/m0/s1. The first-order chi connectivity index (χ1) is 8.56. The van der Waals surface area contributed by atoms with Crippen LogP contribution < -0.4 is 5.32 Å². The summed E-state index contributed by atoms with van der Waals surface area (Å²) >= 11 is 0. The van der Waals surface area contributed by atoms with Crippen LogP contribution in [-0.2, 0) is 7.05 Å². The summed E-state index contributed by atoms with van der Waals surface area (Å²) in [5, 5.41) is 7.00. The summed E-state index contributed by atoms with van der Waals surface area (Å²) in [5.74, 6) is 0.555. The van der Waals surface area contributed by atoms with E-state index in [0.29, 0.717) is 17.5 Å². The lowest BCUT2D eigenvalue weighted by Crippen LogP contribution is -2.32. The van der Waals surface area contributed by atoms with Crippen LogP contribution in [0.4, 0.5) is 0 Å². The van der Waals surface area contributed by atoms with Gasteiger partial charge in [-0.25, -0.2) is 0 Å². The van der Waals surface area contributed by atoms with E-state index in [-0.39, 0.29) is 5.91 Å². The van der Waals surface area contributed by atoms with Crippen LogP contribution in [-0.4, -0.2) is 46.3 Å². The van der Waals surface area contributed by atoms with Gasteiger partial charge in [0, 0.05) is 32.4 Å². The molecule has 0 spiro atoms. The van der Waals surface area contributed by atoms with E-state index in [1.165, 1.54) is 6.42 Å². The Kier molecular flexibility index (Phi) is 4.01. The van der Waals surface area contributed by atoms with Crippen LogP contribution in [0.25, 0.3) is 0 Å². The Bertz CT molecular complexity index is 413. The Morgan fingerprint density at radius 2 is 2.39 bits per heavy atom. The summed E-state index contributed by atoms with van der Waals surface area (Å²) in [6, 6.07) is 0.601. The van der Waals surface area contributed by atoms with Crippen LogP contribution in [0.15, 0.2) is 12.4 Å². The third kappa shape index (κ3) is 3.10. The largest absolute Gasteiger partial charge is 0.352 e. The van der Waals surface area contributed by atoms with Gasteiger partial charge in [0.05, 0.1) is 11.8 Å². The van der Waals surface area contributed by atoms with Gasteiger partial charge < -0.3 is 10.2 Å². The third-order valence-corrected chi connectivity index (χ3v) is 3.57. The molecule has 2 rings (SSSR count). The molecule has 2 heterocycles. The maximum absolute atomic E-state index is 11.9. The highest BCUT2D eigenvalue weighted by Gasteiger charge is 2.24. The summed E-state index contributed by atoms with van der Waals surface area (Å²) in [6.45, 7) is 7.43. The maximum Gasteiger partial charge on any atom is 0.254 e. The molecule has 0 unspecified atom stereocenters. The highest BCUT2D eigenvalue weighted by atomic mass is 16.1. The summed E-state index contributed by atoms with van der Waals surface area (Å²) in [7, 11) is 1.81. The Morgan fingerprint density at radius 1 is 1.61 bits per heavy atom. The molecule has 0 bridgehead atoms. The lowest BCUT2D eigenvalue weighted by Gasteiger charge is -2.20. The lowest BCUT2D eigenvalue weighted by atomic mass is 10.1. The highest BCUT2D eigenvalue weighted by Crippen LogP contribution is 2.17. The minimum Gasteiger partial charge on any atom is -0.352 e. The molecule has 1 N–H and O–H groups in total. The normalized spacial score (nSPS) is 20.6. The molecule has 1 aromatic rings. The number of aryl methyl sites for hydroxylation is 1. The topological polar surface area (TPSA) is 50.2 Å². The summed E-state index contributed by atoms with van der Waals surface area (Å²) in [6.07, 6.45) is 4.51. The molecule has 0 radical (unpaired) electrons. The van der Waals surface area contributed by atoms with Gasteiger partial charge in [-0.05, 0) is 32.7 Å². The zero-order valence-corrected chi connectivity index (χ0v) is 11.4. The van der Waals surface area contributed by atoms with E-state index in [1.807, 2.05) is 7.05 Å². The van der Waals surface area contributed by atoms with Crippen molar-refractivity contribution in [3.8, 4) is 0 Å². The van der Waals surface area contributed by atoms with Crippen molar-refractivity contribution < 1.29 is 4.79 Å². The van der Waals surface area contributed by atoms with E-state index in [4.69, 9.17) is 0 Å². The molecule has 1 saturated heterocycles. The van der Waals surface area contributed by atoms with Gasteiger partial charge in [-0.15, -0.1) is 0 Å². The van der Waals surface area contributed by atoms with E-state index >= 15 is 0 Å². The molecule has 1 atom stereocenters. The van der Waals surface area contributed by atoms with E-state index in [9.17, 15) is 4.79 Å². The first-order valence-electron chi connectivity index (χ1n) is 6.57. The predicted octanol–water partition coefficient (Wildman–Crippen LogP) is 0.880. The number of hydrogen-bond acceptors (Lipinski definition) is 3. The molecule has 0 aromatic carbocycles. The summed E-state index contributed by atoms with van der Waals surface area (Å²) < 4.78 is 1.64. The molecule has 100 valence electrons. The number of amides is 1. The van der Waals surface area contributed by atoms with E-state index in [2.05, 4.69) is 29.2 Å². The van der Waals surface area contributed by atoms with Crippen molar-refractivity contribution in [2.45, 2.75) is 26.3 Å². The number of aromatic nitrogens is 2. The fraction of sp³-hybridized carbons (Fsp3) is 0.692. The van der Waals surface area contributed by atoms with Crippen LogP contribution in [0.1, 0.15) is 30.6 Å². The molecule has 0 saturated carbocycles. The van der Waals surface area contributed by atoms with Crippen molar-refractivity contribution >= 4 is 5.91 Å². The van der Waals surface area contributed by atoms with Crippen molar-refractivity contribution in [1.82, 2.24) is 20.0 Å². The van der Waals surface area contributed by atoms with Gasteiger partial charge in [0.25, 0.3) is 5.91 Å². The van der Waals surface area contributed by atoms with Crippen molar-refractivity contribution in [3.63, 3.8) is 0 Å². The fourth-order valence-corrected chi connectivity index (χ4v) is 2.38. The zero-order chi connectivity index (χ0) is 13.1. The van der Waals surface area contributed by atoms with Gasteiger partial charge in [-0.2, -0.15) is 5.10 Å². The minimum atomic E-state index is -0.0221. The number of likely N-dealkylation sites (tertiary alicyclic amines) is 1. The Labute approximate surface area is 108 Å². The second-order valence-corrected chi connectivity index (χ2v) is 5.36. The van der Waals surface area contributed by atoms with Gasteiger partial charge in [0.15, 0.2) is 0 Å². The molecule has 0 aliphatic carbocycles. The van der Waals surface area contributed by atoms with E-state index in [1.54, 1.807) is 17.1 Å². The van der Waals surface area contributed by atoms with Gasteiger partial charge in [0.1, 0.15) is 0 Å². The molecular weight excluding hydrogens is 228 g/mol. The first kappa shape index (κ1) is 13.1. The minimum absolute atomic E-state index is 0.0221. The molecular formula is C13H22N4O. The summed E-state index contributed by atoms with van der Waals surface area (Å²) in [5.41, 5.74) is 0.635. The molecule has 1 aliphatic heterocycles. The molecule has 5 heteroatoms. The average Bonchev–Trinajstić information content (AvgIpc) is 2.94. The number of rotatable bonds is 4. The molecule has 1 amide bonds. The second kappa shape index (κ2) is 5.52. The van der Waals surface area contributed by atoms with Crippen LogP contribution in [0.2, 0.25) is 0 Å². The number of nitrogens with one attached hydrogen (secondary N) is 1. The van der Waals surface area contributed by atoms with Crippen LogP contribution in [0, 0.1) is 5.92 Å². The smallest absolute Gasteiger partial charge is 0.254 e. The number of hydrogen-bond donors (Lipinski definition) is 1. The molecule has 1 aliphatic rings. The lowest BCUT2D eigenvalue weighted by molar-refractivity contribution is 0.0947. The van der Waals surface area contributed by atoms with Crippen molar-refractivity contribution in [3.05, 3.63) is 18.0 Å². The Balaban J connectivity index is 1.77. The van der Waals surface area contributed by atoms with Gasteiger partial charge in [-0.1, -0.05) is 0 Å². The second-order valence-electron chi connectivity index (χ2n) is 5.36. The average molecular weight is 250 g/mol. The monoisotopic (exact) mass is 250 g/mol. The van der Waals surface area contributed by atoms with Crippen molar-refractivity contribution in [2.75, 3.05) is 19.6 Å². The van der Waals surface area contributed by atoms with Gasteiger partial charge in [-0.3, -0.25) is 9.48 Å². The van der Waals surface area contributed by atoms with Gasteiger partial charge >= 0.3 is 0 Å². The fourth-order valence-electron chi connectivity index (χ4n) is 2.38. The quantitative estimate of drug-likeness (QED) is 0.863. The SMILES string of the molecule is CC(C)N1CC[C@@H](CNC(=O)c2cnn(C)c2)C1. The van der Waals surface area contributed by atoms with E-state index in [0.717, 1.165) is 19.6 Å². The molecule has 5 nitrogen and oxygen atoms in total. The number of carbonyl (C=O) groups is 1. The van der Waals surface area contributed by atoms with Crippen LogP contribution >= 0.6 is 0 Å². The van der Waals surface area contributed by atoms with Crippen LogP contribution in [0.3, 0.4) is 0 Å². The number of carbonyl (C=O) groups excluding carboxylic acids is 1. The molecule has 1 fully saturated rings. The molecule has 18 heavy (non-hydrogen) atoms. The molecule has 1 aromatic heterocycles. The van der Waals surface area contributed by atoms with Crippen molar-refractivity contribution in [1.29, 1.82) is 0 Å². The predicted molar refractivity (Wildman–Crippen MR) is 70.4 cm³/mol. The Morgan fingerprint density at radius 3 is 2.94 bits per heavy atom. The number of nitrogens with zero attached hydrogens (tertiary/aromatic N) is 3. The Hall–Kier alpha value is -1.36. The highest BCUT2D eigenvalue weighted by molar-refractivity contribution is 5.93. The maximum atomic E-state index is 11.9. The van der Waals surface area contributed by atoms with Crippen molar-refractivity contribution in [2.24, 2.45) is 13.0 Å². The van der Waals surface area contributed by atoms with Gasteiger partial charge in [0.2, 0.25) is 0 Å². The third-order valence-electron chi connectivity index (χ3n) is 3.57.